The van der Waals surface area contributed by atoms with Crippen LogP contribution in [-0.4, -0.2) is 5.97 Å². The van der Waals surface area contributed by atoms with Crippen LogP contribution in [0.2, 0.25) is 0 Å². The molecule has 0 spiro atoms. The molecule has 3 nitrogen and oxygen atoms in total. The molecule has 27 heavy (non-hydrogen) atoms. The molecule has 0 aliphatic carbocycles. The number of carbonyl (C=O) groups excluding carboxylic acids is 1. The van der Waals surface area contributed by atoms with E-state index in [1.165, 1.54) is 0 Å². The van der Waals surface area contributed by atoms with Gasteiger partial charge < -0.3 is 9.47 Å². The van der Waals surface area contributed by atoms with E-state index < -0.39 is 0 Å². The molecule has 3 aromatic carbocycles. The minimum atomic E-state index is -0.236. The molecule has 0 amide bonds. The minimum absolute atomic E-state index is 0.183. The van der Waals surface area contributed by atoms with Gasteiger partial charge in [-0.3, -0.25) is 4.79 Å². The Bertz CT molecular complexity index is 852. The molecule has 0 aliphatic heterocycles. The van der Waals surface area contributed by atoms with Gasteiger partial charge in [0.05, 0.1) is 0 Å². The van der Waals surface area contributed by atoms with Crippen molar-refractivity contribution in [2.24, 2.45) is 0 Å². The van der Waals surface area contributed by atoms with Crippen LogP contribution in [0.15, 0.2) is 78.9 Å². The number of benzene rings is 3. The summed E-state index contributed by atoms with van der Waals surface area (Å²) in [5, 5.41) is 0. The molecule has 0 fully saturated rings. The summed E-state index contributed by atoms with van der Waals surface area (Å²) in [7, 11) is 0. The second kappa shape index (κ2) is 9.04. The summed E-state index contributed by atoms with van der Waals surface area (Å²) in [5.41, 5.74) is 4.37. The summed E-state index contributed by atoms with van der Waals surface area (Å²) in [5.74, 6) is 0.664. The highest BCUT2D eigenvalue weighted by atomic mass is 16.5. The van der Waals surface area contributed by atoms with Gasteiger partial charge in [0.15, 0.2) is 0 Å². The molecule has 0 radical (unpaired) electrons. The first kappa shape index (κ1) is 18.7. The molecule has 3 rings (SSSR count). The predicted molar refractivity (Wildman–Crippen MR) is 107 cm³/mol. The normalized spacial score (nSPS) is 11.6. The van der Waals surface area contributed by atoms with E-state index in [2.05, 4.69) is 24.3 Å². The van der Waals surface area contributed by atoms with Crippen LogP contribution >= 0.6 is 0 Å². The van der Waals surface area contributed by atoms with Crippen LogP contribution < -0.4 is 4.74 Å². The molecule has 0 aliphatic rings. The van der Waals surface area contributed by atoms with Crippen molar-refractivity contribution in [3.63, 3.8) is 0 Å². The highest BCUT2D eigenvalue weighted by molar-refractivity contribution is 5.69. The van der Waals surface area contributed by atoms with Gasteiger partial charge in [-0.1, -0.05) is 73.7 Å². The van der Waals surface area contributed by atoms with Gasteiger partial charge in [0.2, 0.25) is 0 Å². The van der Waals surface area contributed by atoms with Gasteiger partial charge >= 0.3 is 5.97 Å². The quantitative estimate of drug-likeness (QED) is 0.489. The molecule has 1 unspecified atom stereocenters. The van der Waals surface area contributed by atoms with Crippen molar-refractivity contribution in [1.82, 2.24) is 0 Å². The van der Waals surface area contributed by atoms with Crippen molar-refractivity contribution in [2.75, 3.05) is 0 Å². The highest BCUT2D eigenvalue weighted by Gasteiger charge is 2.10. The third-order valence-corrected chi connectivity index (χ3v) is 4.41. The molecule has 0 saturated heterocycles. The minimum Gasteiger partial charge on any atom is -0.489 e. The van der Waals surface area contributed by atoms with Crippen molar-refractivity contribution in [1.29, 1.82) is 0 Å². The third-order valence-electron chi connectivity index (χ3n) is 4.41. The Morgan fingerprint density at radius 2 is 1.44 bits per heavy atom. The monoisotopic (exact) mass is 360 g/mol. The molecule has 138 valence electrons. The van der Waals surface area contributed by atoms with Crippen molar-refractivity contribution in [3.05, 3.63) is 90.0 Å². The molecule has 0 bridgehead atoms. The lowest BCUT2D eigenvalue weighted by atomic mass is 10.0. The third kappa shape index (κ3) is 5.20. The molecule has 0 heterocycles. The summed E-state index contributed by atoms with van der Waals surface area (Å²) in [6.45, 7) is 4.25. The zero-order valence-corrected chi connectivity index (χ0v) is 15.7. The summed E-state index contributed by atoms with van der Waals surface area (Å²) in [4.78, 5) is 11.4. The maximum absolute atomic E-state index is 11.4. The maximum atomic E-state index is 11.4. The first-order valence-electron chi connectivity index (χ1n) is 9.22. The van der Waals surface area contributed by atoms with Crippen molar-refractivity contribution >= 4 is 5.97 Å². The molecule has 0 aromatic heterocycles. The Hall–Kier alpha value is -3.07. The Morgan fingerprint density at radius 3 is 2.04 bits per heavy atom. The number of esters is 1. The average Bonchev–Trinajstić information content (AvgIpc) is 2.73. The van der Waals surface area contributed by atoms with Crippen molar-refractivity contribution in [2.45, 2.75) is 33.0 Å². The summed E-state index contributed by atoms with van der Waals surface area (Å²) >= 11 is 0. The number of carbonyl (C=O) groups is 1. The van der Waals surface area contributed by atoms with Crippen LogP contribution in [0.25, 0.3) is 11.1 Å². The fraction of sp³-hybridized carbons (Fsp3) is 0.208. The van der Waals surface area contributed by atoms with Gasteiger partial charge in [-0.25, -0.2) is 0 Å². The Morgan fingerprint density at radius 1 is 0.852 bits per heavy atom. The Kier molecular flexibility index (Phi) is 6.26. The van der Waals surface area contributed by atoms with E-state index in [-0.39, 0.29) is 12.1 Å². The fourth-order valence-corrected chi connectivity index (χ4v) is 2.78. The fourth-order valence-electron chi connectivity index (χ4n) is 2.78. The maximum Gasteiger partial charge on any atom is 0.306 e. The molecule has 0 N–H and O–H groups in total. The van der Waals surface area contributed by atoms with Crippen LogP contribution in [0, 0.1) is 0 Å². The first-order chi connectivity index (χ1) is 13.2. The van der Waals surface area contributed by atoms with Gasteiger partial charge in [-0.15, -0.1) is 0 Å². The van der Waals surface area contributed by atoms with Crippen LogP contribution in [0.4, 0.5) is 0 Å². The second-order valence-corrected chi connectivity index (χ2v) is 6.41. The topological polar surface area (TPSA) is 35.5 Å². The van der Waals surface area contributed by atoms with Gasteiger partial charge in [0.1, 0.15) is 18.5 Å². The van der Waals surface area contributed by atoms with Gasteiger partial charge in [-0.05, 0) is 41.3 Å². The lowest BCUT2D eigenvalue weighted by Gasteiger charge is -2.13. The smallest absolute Gasteiger partial charge is 0.306 e. The Balaban J connectivity index is 1.62. The van der Waals surface area contributed by atoms with E-state index in [1.807, 2.05) is 61.5 Å². The SMILES string of the molecule is CCC(=O)OC(C)c1ccc(-c2ccc(OCc3ccccc3)cc2)cc1. The first-order valence-corrected chi connectivity index (χ1v) is 9.22. The number of rotatable bonds is 7. The number of hydrogen-bond acceptors (Lipinski definition) is 3. The zero-order valence-electron chi connectivity index (χ0n) is 15.7. The summed E-state index contributed by atoms with van der Waals surface area (Å²) in [6.07, 6.45) is 0.154. The van der Waals surface area contributed by atoms with E-state index in [0.717, 1.165) is 28.0 Å². The van der Waals surface area contributed by atoms with Crippen molar-refractivity contribution in [3.8, 4) is 16.9 Å². The van der Waals surface area contributed by atoms with E-state index in [1.54, 1.807) is 6.92 Å². The highest BCUT2D eigenvalue weighted by Crippen LogP contribution is 2.25. The molecular weight excluding hydrogens is 336 g/mol. The van der Waals surface area contributed by atoms with Crippen LogP contribution in [-0.2, 0) is 16.1 Å². The number of hydrogen-bond donors (Lipinski definition) is 0. The Labute approximate surface area is 160 Å². The molecule has 0 saturated carbocycles. The molecule has 1 atom stereocenters. The van der Waals surface area contributed by atoms with Crippen LogP contribution in [0.5, 0.6) is 5.75 Å². The van der Waals surface area contributed by atoms with Gasteiger partial charge in [0, 0.05) is 6.42 Å². The lowest BCUT2D eigenvalue weighted by molar-refractivity contribution is -0.148. The number of ether oxygens (including phenoxy) is 2. The lowest BCUT2D eigenvalue weighted by Crippen LogP contribution is -2.07. The summed E-state index contributed by atoms with van der Waals surface area (Å²) < 4.78 is 11.2. The van der Waals surface area contributed by atoms with Crippen LogP contribution in [0.1, 0.15) is 37.5 Å². The van der Waals surface area contributed by atoms with Crippen molar-refractivity contribution < 1.29 is 14.3 Å². The van der Waals surface area contributed by atoms with Gasteiger partial charge in [-0.2, -0.15) is 0 Å². The molecule has 3 heteroatoms. The van der Waals surface area contributed by atoms with E-state index in [0.29, 0.717) is 13.0 Å². The summed E-state index contributed by atoms with van der Waals surface area (Å²) in [6, 6.07) is 26.3. The average molecular weight is 360 g/mol. The van der Waals surface area contributed by atoms with E-state index in [4.69, 9.17) is 9.47 Å². The zero-order chi connectivity index (χ0) is 19.1. The standard InChI is InChI=1S/C24H24O3/c1-3-24(25)27-18(2)20-9-11-21(12-10-20)22-13-15-23(16-14-22)26-17-19-7-5-4-6-8-19/h4-16,18H,3,17H2,1-2H3. The van der Waals surface area contributed by atoms with Gasteiger partial charge in [0.25, 0.3) is 0 Å². The second-order valence-electron chi connectivity index (χ2n) is 6.41. The molecule has 3 aromatic rings. The molecular formula is C24H24O3. The largest absolute Gasteiger partial charge is 0.489 e. The van der Waals surface area contributed by atoms with E-state index in [9.17, 15) is 4.79 Å². The predicted octanol–water partition coefficient (Wildman–Crippen LogP) is 5.95. The van der Waals surface area contributed by atoms with E-state index >= 15 is 0 Å². The van der Waals surface area contributed by atoms with Crippen LogP contribution in [0.3, 0.4) is 0 Å².